The van der Waals surface area contributed by atoms with Crippen LogP contribution in [-0.2, 0) is 19.6 Å². The number of benzene rings is 1. The lowest BCUT2D eigenvalue weighted by Crippen LogP contribution is -2.38. The van der Waals surface area contributed by atoms with Crippen LogP contribution in [0.4, 0.5) is 14.5 Å². The van der Waals surface area contributed by atoms with Crippen molar-refractivity contribution in [3.63, 3.8) is 0 Å². The Morgan fingerprint density at radius 2 is 1.90 bits per heavy atom. The Morgan fingerprint density at radius 3 is 2.38 bits per heavy atom. The molecule has 1 aromatic rings. The summed E-state index contributed by atoms with van der Waals surface area (Å²) in [6.07, 6.45) is -0.409. The first-order chi connectivity index (χ1) is 9.67. The third-order valence-corrected chi connectivity index (χ3v) is 4.27. The monoisotopic (exact) mass is 321 g/mol. The van der Waals surface area contributed by atoms with Crippen LogP contribution in [0, 0.1) is 11.6 Å². The van der Waals surface area contributed by atoms with Crippen molar-refractivity contribution in [2.75, 3.05) is 16.6 Å². The number of halogens is 2. The molecule has 0 saturated carbocycles. The number of nitrogens with zero attached hydrogens (tertiary/aromatic N) is 1. The summed E-state index contributed by atoms with van der Waals surface area (Å²) in [6.45, 7) is 4.03. The molecule has 0 fully saturated rings. The van der Waals surface area contributed by atoms with Gasteiger partial charge in [-0.25, -0.2) is 17.2 Å². The first kappa shape index (κ1) is 17.4. The van der Waals surface area contributed by atoms with E-state index >= 15 is 0 Å². The molecule has 1 rings (SSSR count). The van der Waals surface area contributed by atoms with Gasteiger partial charge in [-0.2, -0.15) is 0 Å². The molecule has 0 aliphatic carbocycles. The Labute approximate surface area is 122 Å². The van der Waals surface area contributed by atoms with Gasteiger partial charge in [0.05, 0.1) is 17.5 Å². The molecular weight excluding hydrogens is 304 g/mol. The van der Waals surface area contributed by atoms with E-state index < -0.39 is 40.3 Å². The zero-order valence-electron chi connectivity index (χ0n) is 12.0. The molecule has 0 N–H and O–H groups in total. The van der Waals surface area contributed by atoms with E-state index in [1.165, 1.54) is 6.92 Å². The zero-order valence-corrected chi connectivity index (χ0v) is 12.8. The van der Waals surface area contributed by atoms with Crippen LogP contribution < -0.4 is 4.31 Å². The van der Waals surface area contributed by atoms with E-state index in [0.717, 1.165) is 18.2 Å². The van der Waals surface area contributed by atoms with Crippen LogP contribution in [0.2, 0.25) is 0 Å². The number of anilines is 1. The van der Waals surface area contributed by atoms with Crippen LogP contribution in [0.25, 0.3) is 0 Å². The first-order valence-corrected chi connectivity index (χ1v) is 7.93. The quantitative estimate of drug-likeness (QED) is 0.753. The average molecular weight is 321 g/mol. The normalized spacial score (nSPS) is 11.5. The Hall–Kier alpha value is -1.70. The molecule has 118 valence electrons. The van der Waals surface area contributed by atoms with E-state index in [1.807, 2.05) is 0 Å². The molecule has 0 aromatic heterocycles. The molecule has 0 spiro atoms. The van der Waals surface area contributed by atoms with Crippen LogP contribution >= 0.6 is 0 Å². The van der Waals surface area contributed by atoms with Gasteiger partial charge >= 0.3 is 5.97 Å². The summed E-state index contributed by atoms with van der Waals surface area (Å²) in [5.41, 5.74) is -0.128. The number of carbonyl (C=O) groups is 1. The fourth-order valence-corrected chi connectivity index (χ4v) is 2.61. The maximum absolute atomic E-state index is 13.3. The fourth-order valence-electron chi connectivity index (χ4n) is 1.56. The molecule has 0 unspecified atom stereocenters. The van der Waals surface area contributed by atoms with Crippen molar-refractivity contribution < 1.29 is 26.7 Å². The lowest BCUT2D eigenvalue weighted by atomic mass is 10.3. The molecule has 1 aromatic carbocycles. The Balaban J connectivity index is 3.14. The van der Waals surface area contributed by atoms with Crippen molar-refractivity contribution in [2.45, 2.75) is 26.9 Å². The Kier molecular flexibility index (Phi) is 5.65. The SMILES string of the molecule is CCS(=O)(=O)N(CC(=O)OC(C)C)c1ccc(F)c(F)c1. The van der Waals surface area contributed by atoms with Gasteiger partial charge in [0.2, 0.25) is 10.0 Å². The van der Waals surface area contributed by atoms with Gasteiger partial charge in [0.25, 0.3) is 0 Å². The molecule has 0 aliphatic heterocycles. The van der Waals surface area contributed by atoms with Crippen molar-refractivity contribution in [3.8, 4) is 0 Å². The summed E-state index contributed by atoms with van der Waals surface area (Å²) in [4.78, 5) is 11.7. The van der Waals surface area contributed by atoms with Gasteiger partial charge in [-0.3, -0.25) is 9.10 Å². The van der Waals surface area contributed by atoms with Crippen LogP contribution in [0.1, 0.15) is 20.8 Å². The number of hydrogen-bond donors (Lipinski definition) is 0. The standard InChI is InChI=1S/C13H17F2NO4S/c1-4-21(18,19)16(8-13(17)20-9(2)3)10-5-6-11(14)12(15)7-10/h5-7,9H,4,8H2,1-3H3. The largest absolute Gasteiger partial charge is 0.462 e. The van der Waals surface area contributed by atoms with Gasteiger partial charge in [0.15, 0.2) is 11.6 Å². The summed E-state index contributed by atoms with van der Waals surface area (Å²) < 4.78 is 55.8. The smallest absolute Gasteiger partial charge is 0.327 e. The second-order valence-electron chi connectivity index (χ2n) is 4.54. The maximum atomic E-state index is 13.3. The molecule has 8 heteroatoms. The molecular formula is C13H17F2NO4S. The highest BCUT2D eigenvalue weighted by atomic mass is 32.2. The lowest BCUT2D eigenvalue weighted by molar-refractivity contribution is -0.145. The topological polar surface area (TPSA) is 63.7 Å². The van der Waals surface area contributed by atoms with Gasteiger partial charge in [-0.1, -0.05) is 0 Å². The molecule has 0 heterocycles. The van der Waals surface area contributed by atoms with Crippen molar-refractivity contribution in [1.29, 1.82) is 0 Å². The minimum atomic E-state index is -3.83. The first-order valence-electron chi connectivity index (χ1n) is 6.32. The number of ether oxygens (including phenoxy) is 1. The van der Waals surface area contributed by atoms with Crippen molar-refractivity contribution in [2.24, 2.45) is 0 Å². The highest BCUT2D eigenvalue weighted by Gasteiger charge is 2.25. The minimum Gasteiger partial charge on any atom is -0.462 e. The molecule has 0 amide bonds. The Bertz CT molecular complexity index is 617. The molecule has 0 aliphatic rings. The molecule has 0 atom stereocenters. The summed E-state index contributed by atoms with van der Waals surface area (Å²) in [5.74, 6) is -3.36. The maximum Gasteiger partial charge on any atom is 0.327 e. The van der Waals surface area contributed by atoms with Gasteiger partial charge in [-0.05, 0) is 32.9 Å². The fraction of sp³-hybridized carbons (Fsp3) is 0.462. The van der Waals surface area contributed by atoms with E-state index in [9.17, 15) is 22.0 Å². The summed E-state index contributed by atoms with van der Waals surface area (Å²) in [6, 6.07) is 2.62. The lowest BCUT2D eigenvalue weighted by Gasteiger charge is -2.23. The van der Waals surface area contributed by atoms with Gasteiger partial charge < -0.3 is 4.74 Å². The van der Waals surface area contributed by atoms with Crippen molar-refractivity contribution in [1.82, 2.24) is 0 Å². The third kappa shape index (κ3) is 4.66. The van der Waals surface area contributed by atoms with E-state index in [-0.39, 0.29) is 11.4 Å². The molecule has 21 heavy (non-hydrogen) atoms. The number of hydrogen-bond acceptors (Lipinski definition) is 4. The van der Waals surface area contributed by atoms with Crippen LogP contribution in [0.15, 0.2) is 18.2 Å². The van der Waals surface area contributed by atoms with Gasteiger partial charge in [0, 0.05) is 6.07 Å². The minimum absolute atomic E-state index is 0.128. The second kappa shape index (κ2) is 6.84. The van der Waals surface area contributed by atoms with Gasteiger partial charge in [0.1, 0.15) is 6.54 Å². The van der Waals surface area contributed by atoms with E-state index in [1.54, 1.807) is 13.8 Å². The summed E-state index contributed by atoms with van der Waals surface area (Å²) in [7, 11) is -3.83. The summed E-state index contributed by atoms with van der Waals surface area (Å²) >= 11 is 0. The number of esters is 1. The highest BCUT2D eigenvalue weighted by Crippen LogP contribution is 2.21. The number of rotatable bonds is 6. The van der Waals surface area contributed by atoms with Crippen LogP contribution in [-0.4, -0.2) is 32.8 Å². The number of carbonyl (C=O) groups excluding carboxylic acids is 1. The van der Waals surface area contributed by atoms with Gasteiger partial charge in [-0.15, -0.1) is 0 Å². The van der Waals surface area contributed by atoms with E-state index in [0.29, 0.717) is 4.31 Å². The second-order valence-corrected chi connectivity index (χ2v) is 6.73. The third-order valence-electron chi connectivity index (χ3n) is 2.53. The molecule has 0 radical (unpaired) electrons. The average Bonchev–Trinajstić information content (AvgIpc) is 2.38. The predicted octanol–water partition coefficient (Wildman–Crippen LogP) is 2.07. The molecule has 0 bridgehead atoms. The van der Waals surface area contributed by atoms with E-state index in [4.69, 9.17) is 4.74 Å². The van der Waals surface area contributed by atoms with Crippen molar-refractivity contribution >= 4 is 21.7 Å². The van der Waals surface area contributed by atoms with Crippen LogP contribution in [0.5, 0.6) is 0 Å². The van der Waals surface area contributed by atoms with Crippen molar-refractivity contribution in [3.05, 3.63) is 29.8 Å². The Morgan fingerprint density at radius 1 is 1.29 bits per heavy atom. The highest BCUT2D eigenvalue weighted by molar-refractivity contribution is 7.92. The number of sulfonamides is 1. The van der Waals surface area contributed by atoms with Crippen LogP contribution in [0.3, 0.4) is 0 Å². The predicted molar refractivity (Wildman–Crippen MR) is 74.4 cm³/mol. The molecule has 5 nitrogen and oxygen atoms in total. The summed E-state index contributed by atoms with van der Waals surface area (Å²) in [5, 5.41) is 0. The van der Waals surface area contributed by atoms with E-state index in [2.05, 4.69) is 0 Å². The zero-order chi connectivity index (χ0) is 16.2. The molecule has 0 saturated heterocycles.